The van der Waals surface area contributed by atoms with E-state index in [4.69, 9.17) is 16.3 Å². The van der Waals surface area contributed by atoms with E-state index in [0.29, 0.717) is 36.1 Å². The molecule has 0 fully saturated rings. The fourth-order valence-electron chi connectivity index (χ4n) is 1.88. The van der Waals surface area contributed by atoms with Crippen LogP contribution in [0.2, 0.25) is 5.02 Å². The van der Waals surface area contributed by atoms with Crippen molar-refractivity contribution < 1.29 is 9.53 Å². The average Bonchev–Trinajstić information content (AvgIpc) is 2.45. The SMILES string of the molecule is CNC(=O)CCCOc1c(Cl)cccc1CNCC(C)C. The van der Waals surface area contributed by atoms with Crippen molar-refractivity contribution in [1.29, 1.82) is 0 Å². The van der Waals surface area contributed by atoms with Gasteiger partial charge in [0.05, 0.1) is 11.6 Å². The third-order valence-electron chi connectivity index (χ3n) is 2.99. The van der Waals surface area contributed by atoms with Crippen molar-refractivity contribution in [3.8, 4) is 5.75 Å². The molecule has 2 N–H and O–H groups in total. The Morgan fingerprint density at radius 3 is 2.81 bits per heavy atom. The molecule has 4 nitrogen and oxygen atoms in total. The number of carbonyl (C=O) groups excluding carboxylic acids is 1. The molecule has 21 heavy (non-hydrogen) atoms. The molecule has 0 aliphatic rings. The fraction of sp³-hybridized carbons (Fsp3) is 0.562. The molecule has 0 bridgehead atoms. The molecule has 1 rings (SSSR count). The highest BCUT2D eigenvalue weighted by atomic mass is 35.5. The summed E-state index contributed by atoms with van der Waals surface area (Å²) in [4.78, 5) is 11.2. The first-order valence-corrected chi connectivity index (χ1v) is 7.74. The van der Waals surface area contributed by atoms with Crippen molar-refractivity contribution in [3.63, 3.8) is 0 Å². The maximum atomic E-state index is 11.2. The molecule has 0 atom stereocenters. The zero-order valence-electron chi connectivity index (χ0n) is 13.0. The van der Waals surface area contributed by atoms with Crippen molar-refractivity contribution in [2.45, 2.75) is 33.2 Å². The van der Waals surface area contributed by atoms with Crippen LogP contribution < -0.4 is 15.4 Å². The van der Waals surface area contributed by atoms with Gasteiger partial charge in [-0.2, -0.15) is 0 Å². The summed E-state index contributed by atoms with van der Waals surface area (Å²) in [5.74, 6) is 1.34. The third kappa shape index (κ3) is 6.82. The van der Waals surface area contributed by atoms with Gasteiger partial charge in [-0.3, -0.25) is 4.79 Å². The maximum absolute atomic E-state index is 11.2. The van der Waals surface area contributed by atoms with Gasteiger partial charge in [0.1, 0.15) is 5.75 Å². The lowest BCUT2D eigenvalue weighted by molar-refractivity contribution is -0.120. The van der Waals surface area contributed by atoms with Crippen molar-refractivity contribution in [3.05, 3.63) is 28.8 Å². The van der Waals surface area contributed by atoms with Gasteiger partial charge >= 0.3 is 0 Å². The molecule has 0 aliphatic carbocycles. The summed E-state index contributed by atoms with van der Waals surface area (Å²) in [5.41, 5.74) is 1.04. The number of hydrogen-bond acceptors (Lipinski definition) is 3. The molecule has 0 spiro atoms. The molecule has 0 saturated carbocycles. The van der Waals surface area contributed by atoms with E-state index < -0.39 is 0 Å². The molecule has 0 unspecified atom stereocenters. The number of hydrogen-bond donors (Lipinski definition) is 2. The second-order valence-corrected chi connectivity index (χ2v) is 5.79. The second-order valence-electron chi connectivity index (χ2n) is 5.38. The van der Waals surface area contributed by atoms with Gasteiger partial charge in [-0.25, -0.2) is 0 Å². The Hall–Kier alpha value is -1.26. The smallest absolute Gasteiger partial charge is 0.219 e. The molecule has 1 aromatic rings. The van der Waals surface area contributed by atoms with E-state index in [1.54, 1.807) is 7.05 Å². The van der Waals surface area contributed by atoms with Crippen LogP contribution in [-0.2, 0) is 11.3 Å². The predicted octanol–water partition coefficient (Wildman–Crippen LogP) is 2.99. The van der Waals surface area contributed by atoms with Gasteiger partial charge in [-0.1, -0.05) is 37.6 Å². The third-order valence-corrected chi connectivity index (χ3v) is 3.29. The number of ether oxygens (including phenoxy) is 1. The molecule has 5 heteroatoms. The van der Waals surface area contributed by atoms with Crippen LogP contribution >= 0.6 is 11.6 Å². The summed E-state index contributed by atoms with van der Waals surface area (Å²) in [7, 11) is 1.63. The number of benzene rings is 1. The summed E-state index contributed by atoms with van der Waals surface area (Å²) in [6.07, 6.45) is 1.13. The second kappa shape index (κ2) is 9.64. The molecule has 0 aliphatic heterocycles. The summed E-state index contributed by atoms with van der Waals surface area (Å²) < 4.78 is 5.77. The minimum Gasteiger partial charge on any atom is -0.492 e. The first kappa shape index (κ1) is 17.8. The van der Waals surface area contributed by atoms with E-state index in [1.807, 2.05) is 18.2 Å². The first-order chi connectivity index (χ1) is 10.0. The highest BCUT2D eigenvalue weighted by molar-refractivity contribution is 6.32. The van der Waals surface area contributed by atoms with Crippen molar-refractivity contribution >= 4 is 17.5 Å². The lowest BCUT2D eigenvalue weighted by Crippen LogP contribution is -2.20. The predicted molar refractivity (Wildman–Crippen MR) is 86.8 cm³/mol. The molecule has 1 aromatic carbocycles. The Bertz CT molecular complexity index is 450. The lowest BCUT2D eigenvalue weighted by atomic mass is 10.1. The summed E-state index contributed by atoms with van der Waals surface area (Å²) in [6, 6.07) is 5.75. The van der Waals surface area contributed by atoms with Gasteiger partial charge in [0.15, 0.2) is 0 Å². The number of para-hydroxylation sites is 1. The van der Waals surface area contributed by atoms with Gasteiger partial charge in [-0.05, 0) is 24.9 Å². The van der Waals surface area contributed by atoms with Crippen molar-refractivity contribution in [2.75, 3.05) is 20.2 Å². The topological polar surface area (TPSA) is 50.4 Å². The van der Waals surface area contributed by atoms with E-state index in [1.165, 1.54) is 0 Å². The largest absolute Gasteiger partial charge is 0.492 e. The zero-order chi connectivity index (χ0) is 15.7. The molecule has 1 amide bonds. The molecule has 0 saturated heterocycles. The molecule has 0 heterocycles. The highest BCUT2D eigenvalue weighted by Gasteiger charge is 2.09. The Morgan fingerprint density at radius 1 is 1.38 bits per heavy atom. The van der Waals surface area contributed by atoms with E-state index >= 15 is 0 Å². The normalized spacial score (nSPS) is 10.7. The van der Waals surface area contributed by atoms with E-state index in [2.05, 4.69) is 24.5 Å². The quantitative estimate of drug-likeness (QED) is 0.689. The molecule has 0 aromatic heterocycles. The van der Waals surface area contributed by atoms with Gasteiger partial charge < -0.3 is 15.4 Å². The lowest BCUT2D eigenvalue weighted by Gasteiger charge is -2.14. The Kier molecular flexibility index (Phi) is 8.16. The Labute approximate surface area is 132 Å². The van der Waals surface area contributed by atoms with Crippen LogP contribution in [0.1, 0.15) is 32.3 Å². The standard InChI is InChI=1S/C16H25ClN2O2/c1-12(2)10-19-11-13-6-4-7-14(17)16(13)21-9-5-8-15(20)18-3/h4,6-7,12,19H,5,8-11H2,1-3H3,(H,18,20). The summed E-state index contributed by atoms with van der Waals surface area (Å²) in [5, 5.41) is 6.59. The number of halogens is 1. The van der Waals surface area contributed by atoms with Crippen LogP contribution in [0.25, 0.3) is 0 Å². The molecular formula is C16H25ClN2O2. The summed E-state index contributed by atoms with van der Waals surface area (Å²) in [6.45, 7) is 6.49. The van der Waals surface area contributed by atoms with Gasteiger partial charge in [0.25, 0.3) is 0 Å². The molecular weight excluding hydrogens is 288 g/mol. The summed E-state index contributed by atoms with van der Waals surface area (Å²) >= 11 is 6.21. The van der Waals surface area contributed by atoms with Crippen LogP contribution in [-0.4, -0.2) is 26.1 Å². The fourth-order valence-corrected chi connectivity index (χ4v) is 2.13. The van der Waals surface area contributed by atoms with Crippen molar-refractivity contribution in [2.24, 2.45) is 5.92 Å². The Balaban J connectivity index is 2.52. The zero-order valence-corrected chi connectivity index (χ0v) is 13.8. The molecule has 0 radical (unpaired) electrons. The number of carbonyl (C=O) groups is 1. The average molecular weight is 313 g/mol. The van der Waals surface area contributed by atoms with Crippen LogP contribution in [0.4, 0.5) is 0 Å². The number of rotatable bonds is 9. The minimum absolute atomic E-state index is 0.0246. The van der Waals surface area contributed by atoms with E-state index in [0.717, 1.165) is 18.7 Å². The van der Waals surface area contributed by atoms with Crippen LogP contribution in [0.3, 0.4) is 0 Å². The number of amides is 1. The van der Waals surface area contributed by atoms with E-state index in [9.17, 15) is 4.79 Å². The van der Waals surface area contributed by atoms with Gasteiger partial charge in [-0.15, -0.1) is 0 Å². The van der Waals surface area contributed by atoms with Crippen LogP contribution in [0, 0.1) is 5.92 Å². The van der Waals surface area contributed by atoms with E-state index in [-0.39, 0.29) is 5.91 Å². The number of nitrogens with one attached hydrogen (secondary N) is 2. The van der Waals surface area contributed by atoms with Crippen LogP contribution in [0.5, 0.6) is 5.75 Å². The monoisotopic (exact) mass is 312 g/mol. The highest BCUT2D eigenvalue weighted by Crippen LogP contribution is 2.28. The van der Waals surface area contributed by atoms with Gasteiger partial charge in [0, 0.05) is 25.6 Å². The minimum atomic E-state index is 0.0246. The maximum Gasteiger partial charge on any atom is 0.219 e. The first-order valence-electron chi connectivity index (χ1n) is 7.36. The molecule has 118 valence electrons. The van der Waals surface area contributed by atoms with Crippen molar-refractivity contribution in [1.82, 2.24) is 10.6 Å². The van der Waals surface area contributed by atoms with Crippen LogP contribution in [0.15, 0.2) is 18.2 Å². The Morgan fingerprint density at radius 2 is 2.14 bits per heavy atom. The van der Waals surface area contributed by atoms with Gasteiger partial charge in [0.2, 0.25) is 5.91 Å².